The highest BCUT2D eigenvalue weighted by molar-refractivity contribution is 5.90. The summed E-state index contributed by atoms with van der Waals surface area (Å²) in [5.74, 6) is -3.16. The minimum absolute atomic E-state index is 0.0460. The van der Waals surface area contributed by atoms with E-state index in [1.54, 1.807) is 7.11 Å². The standard InChI is InChI=1S/C13H15F2NO3/c1-18-8-5-7(6-8)16-10-4-3-9(13(17)19-2)11(14)12(10)15/h3-4,7-8,16H,5-6H2,1-2H3. The van der Waals surface area contributed by atoms with Gasteiger partial charge in [-0.2, -0.15) is 0 Å². The molecule has 0 saturated heterocycles. The third-order valence-corrected chi connectivity index (χ3v) is 3.28. The Bertz CT molecular complexity index is 487. The van der Waals surface area contributed by atoms with Gasteiger partial charge in [0.25, 0.3) is 0 Å². The summed E-state index contributed by atoms with van der Waals surface area (Å²) in [6, 6.07) is 2.60. The Kier molecular flexibility index (Phi) is 3.99. The lowest BCUT2D eigenvalue weighted by atomic mass is 9.89. The SMILES string of the molecule is COC(=O)c1ccc(NC2CC(OC)C2)c(F)c1F. The number of methoxy groups -OCH3 is 2. The molecule has 0 bridgehead atoms. The van der Waals surface area contributed by atoms with Crippen LogP contribution in [0.25, 0.3) is 0 Å². The Morgan fingerprint density at radius 2 is 1.95 bits per heavy atom. The van der Waals surface area contributed by atoms with Gasteiger partial charge in [-0.25, -0.2) is 13.6 Å². The van der Waals surface area contributed by atoms with Gasteiger partial charge in [-0.15, -0.1) is 0 Å². The molecule has 0 spiro atoms. The molecule has 2 rings (SSSR count). The number of rotatable bonds is 4. The van der Waals surface area contributed by atoms with Crippen molar-refractivity contribution in [2.24, 2.45) is 0 Å². The van der Waals surface area contributed by atoms with Gasteiger partial charge in [-0.05, 0) is 25.0 Å². The van der Waals surface area contributed by atoms with E-state index >= 15 is 0 Å². The van der Waals surface area contributed by atoms with Gasteiger partial charge in [0.2, 0.25) is 0 Å². The Balaban J connectivity index is 2.11. The van der Waals surface area contributed by atoms with Crippen LogP contribution in [-0.2, 0) is 9.47 Å². The molecule has 1 aromatic rings. The van der Waals surface area contributed by atoms with Crippen molar-refractivity contribution in [1.29, 1.82) is 0 Å². The summed E-state index contributed by atoms with van der Waals surface area (Å²) in [4.78, 5) is 11.2. The number of carbonyl (C=O) groups excluding carboxylic acids is 1. The molecule has 1 aliphatic rings. The summed E-state index contributed by atoms with van der Waals surface area (Å²) in [5.41, 5.74) is -0.362. The molecule has 19 heavy (non-hydrogen) atoms. The maximum Gasteiger partial charge on any atom is 0.340 e. The van der Waals surface area contributed by atoms with E-state index in [9.17, 15) is 13.6 Å². The maximum atomic E-state index is 13.8. The van der Waals surface area contributed by atoms with E-state index in [0.29, 0.717) is 0 Å². The first-order valence-corrected chi connectivity index (χ1v) is 5.92. The van der Waals surface area contributed by atoms with E-state index in [2.05, 4.69) is 10.1 Å². The predicted molar refractivity (Wildman–Crippen MR) is 65.1 cm³/mol. The van der Waals surface area contributed by atoms with Crippen molar-refractivity contribution in [2.75, 3.05) is 19.5 Å². The first kappa shape index (κ1) is 13.7. The van der Waals surface area contributed by atoms with Crippen LogP contribution in [0.3, 0.4) is 0 Å². The quantitative estimate of drug-likeness (QED) is 0.854. The van der Waals surface area contributed by atoms with E-state index in [-0.39, 0.29) is 17.8 Å². The minimum Gasteiger partial charge on any atom is -0.465 e. The van der Waals surface area contributed by atoms with Crippen molar-refractivity contribution in [3.8, 4) is 0 Å². The number of hydrogen-bond acceptors (Lipinski definition) is 4. The zero-order chi connectivity index (χ0) is 14.0. The van der Waals surface area contributed by atoms with Crippen molar-refractivity contribution in [2.45, 2.75) is 25.0 Å². The highest BCUT2D eigenvalue weighted by atomic mass is 19.2. The second-order valence-corrected chi connectivity index (χ2v) is 4.45. The zero-order valence-electron chi connectivity index (χ0n) is 10.7. The van der Waals surface area contributed by atoms with Crippen LogP contribution in [0.15, 0.2) is 12.1 Å². The largest absolute Gasteiger partial charge is 0.465 e. The van der Waals surface area contributed by atoms with Crippen LogP contribution in [0, 0.1) is 11.6 Å². The number of esters is 1. The predicted octanol–water partition coefficient (Wildman–Crippen LogP) is 2.34. The average Bonchev–Trinajstić information content (AvgIpc) is 2.37. The van der Waals surface area contributed by atoms with Crippen molar-refractivity contribution >= 4 is 11.7 Å². The highest BCUT2D eigenvalue weighted by Gasteiger charge is 2.30. The van der Waals surface area contributed by atoms with Crippen LogP contribution < -0.4 is 5.32 Å². The Labute approximate surface area is 109 Å². The van der Waals surface area contributed by atoms with E-state index in [1.165, 1.54) is 12.1 Å². The maximum absolute atomic E-state index is 13.8. The summed E-state index contributed by atoms with van der Waals surface area (Å²) in [6.45, 7) is 0. The van der Waals surface area contributed by atoms with Gasteiger partial charge < -0.3 is 14.8 Å². The molecule has 1 saturated carbocycles. The Morgan fingerprint density at radius 3 is 2.53 bits per heavy atom. The number of anilines is 1. The molecule has 6 heteroatoms. The van der Waals surface area contributed by atoms with Crippen molar-refractivity contribution in [3.63, 3.8) is 0 Å². The topological polar surface area (TPSA) is 47.6 Å². The van der Waals surface area contributed by atoms with Gasteiger partial charge >= 0.3 is 5.97 Å². The molecular weight excluding hydrogens is 256 g/mol. The molecule has 0 heterocycles. The van der Waals surface area contributed by atoms with Crippen molar-refractivity contribution in [1.82, 2.24) is 0 Å². The molecular formula is C13H15F2NO3. The Hall–Kier alpha value is -1.69. The molecule has 1 aliphatic carbocycles. The van der Waals surface area contributed by atoms with Gasteiger partial charge in [-0.3, -0.25) is 0 Å². The van der Waals surface area contributed by atoms with Crippen molar-refractivity contribution < 1.29 is 23.0 Å². The minimum atomic E-state index is -1.19. The van der Waals surface area contributed by atoms with Gasteiger partial charge in [0.15, 0.2) is 11.6 Å². The second-order valence-electron chi connectivity index (χ2n) is 4.45. The van der Waals surface area contributed by atoms with Crippen LogP contribution in [0.4, 0.5) is 14.5 Å². The molecule has 1 N–H and O–H groups in total. The molecule has 104 valence electrons. The van der Waals surface area contributed by atoms with E-state index in [4.69, 9.17) is 4.74 Å². The molecule has 1 fully saturated rings. The zero-order valence-corrected chi connectivity index (χ0v) is 10.7. The van der Waals surface area contributed by atoms with Gasteiger partial charge in [0, 0.05) is 13.2 Å². The van der Waals surface area contributed by atoms with Crippen molar-refractivity contribution in [3.05, 3.63) is 29.3 Å². The van der Waals surface area contributed by atoms with E-state index in [1.807, 2.05) is 0 Å². The molecule has 4 nitrogen and oxygen atoms in total. The normalized spacial score (nSPS) is 21.7. The summed E-state index contributed by atoms with van der Waals surface area (Å²) in [5, 5.41) is 2.89. The van der Waals surface area contributed by atoms with Gasteiger partial charge in [0.1, 0.15) is 0 Å². The second kappa shape index (κ2) is 5.52. The third kappa shape index (κ3) is 2.68. The van der Waals surface area contributed by atoms with E-state index in [0.717, 1.165) is 20.0 Å². The number of nitrogens with one attached hydrogen (secondary N) is 1. The first-order valence-electron chi connectivity index (χ1n) is 5.92. The molecule has 1 aromatic carbocycles. The highest BCUT2D eigenvalue weighted by Crippen LogP contribution is 2.29. The van der Waals surface area contributed by atoms with Crippen LogP contribution >= 0.6 is 0 Å². The fourth-order valence-corrected chi connectivity index (χ4v) is 2.02. The fraction of sp³-hybridized carbons (Fsp3) is 0.462. The summed E-state index contributed by atoms with van der Waals surface area (Å²) in [7, 11) is 2.73. The first-order chi connectivity index (χ1) is 9.06. The van der Waals surface area contributed by atoms with Crippen LogP contribution in [0.1, 0.15) is 23.2 Å². The monoisotopic (exact) mass is 271 g/mol. The molecule has 0 aromatic heterocycles. The number of carbonyl (C=O) groups is 1. The third-order valence-electron chi connectivity index (χ3n) is 3.28. The molecule has 0 atom stereocenters. The molecule has 0 unspecified atom stereocenters. The van der Waals surface area contributed by atoms with Gasteiger partial charge in [-0.1, -0.05) is 0 Å². The number of hydrogen-bond donors (Lipinski definition) is 1. The van der Waals surface area contributed by atoms with Crippen LogP contribution in [0.5, 0.6) is 0 Å². The molecule has 0 amide bonds. The fourth-order valence-electron chi connectivity index (χ4n) is 2.02. The van der Waals surface area contributed by atoms with Crippen LogP contribution in [0.2, 0.25) is 0 Å². The average molecular weight is 271 g/mol. The number of benzene rings is 1. The lowest BCUT2D eigenvalue weighted by Gasteiger charge is -2.35. The summed E-state index contributed by atoms with van der Waals surface area (Å²) < 4.78 is 36.9. The molecule has 0 aliphatic heterocycles. The number of halogens is 2. The smallest absolute Gasteiger partial charge is 0.340 e. The van der Waals surface area contributed by atoms with Crippen LogP contribution in [-0.4, -0.2) is 32.3 Å². The molecule has 0 radical (unpaired) electrons. The van der Waals surface area contributed by atoms with E-state index < -0.39 is 23.2 Å². The lowest BCUT2D eigenvalue weighted by Crippen LogP contribution is -2.40. The van der Waals surface area contributed by atoms with Gasteiger partial charge in [0.05, 0.1) is 24.5 Å². The number of ether oxygens (including phenoxy) is 2. The lowest BCUT2D eigenvalue weighted by molar-refractivity contribution is 0.0328. The Morgan fingerprint density at radius 1 is 1.26 bits per heavy atom. The summed E-state index contributed by atoms with van der Waals surface area (Å²) >= 11 is 0. The summed E-state index contributed by atoms with van der Waals surface area (Å²) in [6.07, 6.45) is 1.66.